The molecule has 0 heterocycles. The minimum atomic E-state index is -0.611. The molecule has 0 saturated heterocycles. The lowest BCUT2D eigenvalue weighted by molar-refractivity contribution is 0.179. The third-order valence-corrected chi connectivity index (χ3v) is 2.56. The zero-order valence-corrected chi connectivity index (χ0v) is 8.50. The van der Waals surface area contributed by atoms with E-state index in [9.17, 15) is 4.39 Å². The molecule has 0 bridgehead atoms. The van der Waals surface area contributed by atoms with E-state index >= 15 is 0 Å². The molecule has 0 spiro atoms. The number of hydrogen-bond acceptors (Lipinski definition) is 1. The van der Waals surface area contributed by atoms with Crippen molar-refractivity contribution in [1.82, 2.24) is 5.32 Å². The summed E-state index contributed by atoms with van der Waals surface area (Å²) in [7, 11) is 1.81. The fraction of sp³-hybridized carbons (Fsp3) is 1.00. The maximum Gasteiger partial charge on any atom is 0.115 e. The lowest BCUT2D eigenvalue weighted by Gasteiger charge is -2.24. The first-order chi connectivity index (χ1) is 5.34. The van der Waals surface area contributed by atoms with Crippen LogP contribution in [0.2, 0.25) is 0 Å². The molecular formula is C9H19ClFN. The van der Waals surface area contributed by atoms with Crippen LogP contribution in [0.4, 0.5) is 4.39 Å². The van der Waals surface area contributed by atoms with Crippen LogP contribution in [0.3, 0.4) is 0 Å². The van der Waals surface area contributed by atoms with Crippen molar-refractivity contribution in [3.63, 3.8) is 0 Å². The van der Waals surface area contributed by atoms with Gasteiger partial charge in [0.15, 0.2) is 0 Å². The van der Waals surface area contributed by atoms with Gasteiger partial charge < -0.3 is 5.32 Å². The van der Waals surface area contributed by atoms with Crippen molar-refractivity contribution >= 4 is 12.4 Å². The third kappa shape index (κ3) is 3.72. The molecule has 0 radical (unpaired) electrons. The number of alkyl halides is 1. The van der Waals surface area contributed by atoms with Crippen molar-refractivity contribution in [2.75, 3.05) is 13.6 Å². The first-order valence-corrected chi connectivity index (χ1v) is 4.63. The van der Waals surface area contributed by atoms with Crippen LogP contribution in [0.1, 0.15) is 32.1 Å². The Morgan fingerprint density at radius 3 is 2.42 bits per heavy atom. The summed E-state index contributed by atoms with van der Waals surface area (Å²) in [5.74, 6) is 0.344. The van der Waals surface area contributed by atoms with Crippen LogP contribution in [-0.4, -0.2) is 19.8 Å². The normalized spacial score (nSPS) is 21.5. The van der Waals surface area contributed by atoms with E-state index in [0.717, 1.165) is 12.8 Å². The zero-order chi connectivity index (χ0) is 8.10. The Morgan fingerprint density at radius 2 is 1.92 bits per heavy atom. The van der Waals surface area contributed by atoms with Crippen LogP contribution in [0.5, 0.6) is 0 Å². The molecule has 1 rings (SSSR count). The largest absolute Gasteiger partial charge is 0.317 e. The lowest BCUT2D eigenvalue weighted by atomic mass is 9.86. The van der Waals surface area contributed by atoms with Gasteiger partial charge >= 0.3 is 0 Å². The highest BCUT2D eigenvalue weighted by atomic mass is 35.5. The second-order valence-corrected chi connectivity index (χ2v) is 3.47. The van der Waals surface area contributed by atoms with Crippen LogP contribution < -0.4 is 5.32 Å². The summed E-state index contributed by atoms with van der Waals surface area (Å²) in [5, 5.41) is 2.89. The van der Waals surface area contributed by atoms with Gasteiger partial charge in [-0.15, -0.1) is 12.4 Å². The van der Waals surface area contributed by atoms with Gasteiger partial charge in [-0.05, 0) is 25.8 Å². The summed E-state index contributed by atoms with van der Waals surface area (Å²) in [5.41, 5.74) is 0. The van der Waals surface area contributed by atoms with E-state index in [1.54, 1.807) is 0 Å². The average Bonchev–Trinajstić information content (AvgIpc) is 2.07. The van der Waals surface area contributed by atoms with E-state index in [4.69, 9.17) is 0 Å². The van der Waals surface area contributed by atoms with Gasteiger partial charge in [-0.2, -0.15) is 0 Å². The predicted molar refractivity (Wildman–Crippen MR) is 52.6 cm³/mol. The van der Waals surface area contributed by atoms with E-state index in [2.05, 4.69) is 5.32 Å². The summed E-state index contributed by atoms with van der Waals surface area (Å²) in [6, 6.07) is 0. The Bertz CT molecular complexity index is 105. The Balaban J connectivity index is 0.00000121. The molecule has 1 aliphatic carbocycles. The molecule has 0 aromatic carbocycles. The quantitative estimate of drug-likeness (QED) is 0.730. The molecule has 0 aromatic heterocycles. The van der Waals surface area contributed by atoms with E-state index in [1.807, 2.05) is 7.05 Å². The van der Waals surface area contributed by atoms with Gasteiger partial charge in [-0.3, -0.25) is 0 Å². The standard InChI is InChI=1S/C9H18FN.ClH/c1-11-7-9(10)8-5-3-2-4-6-8;/h8-9,11H,2-7H2,1H3;1H. The summed E-state index contributed by atoms with van der Waals surface area (Å²) >= 11 is 0. The minimum absolute atomic E-state index is 0. The SMILES string of the molecule is CNCC(F)C1CCCCC1.Cl. The van der Waals surface area contributed by atoms with E-state index in [0.29, 0.717) is 12.5 Å². The highest BCUT2D eigenvalue weighted by Crippen LogP contribution is 2.27. The Kier molecular flexibility index (Phi) is 6.77. The Labute approximate surface area is 80.5 Å². The van der Waals surface area contributed by atoms with Gasteiger partial charge in [-0.25, -0.2) is 4.39 Å². The summed E-state index contributed by atoms with van der Waals surface area (Å²) in [6.07, 6.45) is 5.36. The smallest absolute Gasteiger partial charge is 0.115 e. The lowest BCUT2D eigenvalue weighted by Crippen LogP contribution is -2.28. The van der Waals surface area contributed by atoms with Crippen molar-refractivity contribution in [2.24, 2.45) is 5.92 Å². The predicted octanol–water partition coefficient (Wildman–Crippen LogP) is 2.55. The van der Waals surface area contributed by atoms with Crippen molar-refractivity contribution in [1.29, 1.82) is 0 Å². The fourth-order valence-electron chi connectivity index (χ4n) is 1.86. The van der Waals surface area contributed by atoms with Gasteiger partial charge in [0.05, 0.1) is 0 Å². The Hall–Kier alpha value is 0.180. The van der Waals surface area contributed by atoms with Gasteiger partial charge in [-0.1, -0.05) is 19.3 Å². The molecule has 3 heteroatoms. The molecule has 12 heavy (non-hydrogen) atoms. The number of hydrogen-bond donors (Lipinski definition) is 1. The molecule has 1 saturated carbocycles. The maximum atomic E-state index is 13.2. The van der Waals surface area contributed by atoms with E-state index in [-0.39, 0.29) is 12.4 Å². The van der Waals surface area contributed by atoms with E-state index < -0.39 is 6.17 Å². The molecule has 0 aromatic rings. The van der Waals surface area contributed by atoms with Crippen LogP contribution in [0.15, 0.2) is 0 Å². The van der Waals surface area contributed by atoms with Gasteiger partial charge in [0, 0.05) is 6.54 Å². The molecule has 1 nitrogen and oxygen atoms in total. The van der Waals surface area contributed by atoms with Crippen LogP contribution >= 0.6 is 12.4 Å². The zero-order valence-electron chi connectivity index (χ0n) is 7.68. The number of rotatable bonds is 3. The highest BCUT2D eigenvalue weighted by molar-refractivity contribution is 5.85. The minimum Gasteiger partial charge on any atom is -0.317 e. The van der Waals surface area contributed by atoms with Gasteiger partial charge in [0.25, 0.3) is 0 Å². The molecular weight excluding hydrogens is 177 g/mol. The second kappa shape index (κ2) is 6.67. The summed E-state index contributed by atoms with van der Waals surface area (Å²) < 4.78 is 13.2. The monoisotopic (exact) mass is 195 g/mol. The van der Waals surface area contributed by atoms with Crippen molar-refractivity contribution in [3.05, 3.63) is 0 Å². The van der Waals surface area contributed by atoms with Crippen LogP contribution in [-0.2, 0) is 0 Å². The molecule has 1 unspecified atom stereocenters. The topological polar surface area (TPSA) is 12.0 Å². The van der Waals surface area contributed by atoms with Crippen molar-refractivity contribution < 1.29 is 4.39 Å². The third-order valence-electron chi connectivity index (χ3n) is 2.56. The maximum absolute atomic E-state index is 13.2. The van der Waals surface area contributed by atoms with Crippen LogP contribution in [0.25, 0.3) is 0 Å². The molecule has 1 atom stereocenters. The Morgan fingerprint density at radius 1 is 1.33 bits per heavy atom. The summed E-state index contributed by atoms with van der Waals surface area (Å²) in [6.45, 7) is 0.532. The first kappa shape index (κ1) is 12.2. The second-order valence-electron chi connectivity index (χ2n) is 3.47. The highest BCUT2D eigenvalue weighted by Gasteiger charge is 2.21. The number of nitrogens with one attached hydrogen (secondary N) is 1. The van der Waals surface area contributed by atoms with Crippen LogP contribution in [0, 0.1) is 5.92 Å². The van der Waals surface area contributed by atoms with Crippen molar-refractivity contribution in [3.8, 4) is 0 Å². The molecule has 1 N–H and O–H groups in total. The van der Waals surface area contributed by atoms with E-state index in [1.165, 1.54) is 19.3 Å². The summed E-state index contributed by atoms with van der Waals surface area (Å²) in [4.78, 5) is 0. The van der Waals surface area contributed by atoms with Gasteiger partial charge in [0.2, 0.25) is 0 Å². The molecule has 1 aliphatic rings. The fourth-order valence-corrected chi connectivity index (χ4v) is 1.86. The van der Waals surface area contributed by atoms with Crippen molar-refractivity contribution in [2.45, 2.75) is 38.3 Å². The first-order valence-electron chi connectivity index (χ1n) is 4.63. The van der Waals surface area contributed by atoms with Gasteiger partial charge in [0.1, 0.15) is 6.17 Å². The molecule has 1 fully saturated rings. The molecule has 74 valence electrons. The number of halogens is 2. The average molecular weight is 196 g/mol. The molecule has 0 amide bonds. The molecule has 0 aliphatic heterocycles.